The zero-order valence-electron chi connectivity index (χ0n) is 17.4. The van der Waals surface area contributed by atoms with Crippen molar-refractivity contribution in [3.05, 3.63) is 59.7 Å². The van der Waals surface area contributed by atoms with E-state index in [2.05, 4.69) is 30.0 Å². The number of carbonyl (C=O) groups is 2. The van der Waals surface area contributed by atoms with Crippen molar-refractivity contribution in [2.75, 3.05) is 13.2 Å². The molecule has 0 aliphatic rings. The summed E-state index contributed by atoms with van der Waals surface area (Å²) in [5.74, 6) is 0.760. The minimum absolute atomic E-state index is 0.0274. The average Bonchev–Trinajstić information content (AvgIpc) is 2.75. The van der Waals surface area contributed by atoms with E-state index < -0.39 is 11.8 Å². The van der Waals surface area contributed by atoms with Gasteiger partial charge in [0, 0.05) is 5.56 Å². The molecule has 0 fully saturated rings. The molecule has 2 rings (SSSR count). The van der Waals surface area contributed by atoms with Crippen molar-refractivity contribution in [1.29, 1.82) is 0 Å². The Morgan fingerprint density at radius 1 is 0.967 bits per heavy atom. The summed E-state index contributed by atoms with van der Waals surface area (Å²) >= 11 is 5.08. The Morgan fingerprint density at radius 3 is 2.33 bits per heavy atom. The van der Waals surface area contributed by atoms with E-state index in [1.165, 1.54) is 0 Å². The Morgan fingerprint density at radius 2 is 1.67 bits per heavy atom. The lowest BCUT2D eigenvalue weighted by molar-refractivity contribution is 0.0931. The van der Waals surface area contributed by atoms with E-state index in [0.717, 1.165) is 6.42 Å². The molecule has 2 aromatic carbocycles. The molecule has 0 spiro atoms. The number of thiocarbonyl (C=S) groups is 1. The van der Waals surface area contributed by atoms with E-state index in [1.807, 2.05) is 6.92 Å². The molecule has 0 atom stereocenters. The minimum Gasteiger partial charge on any atom is -0.493 e. The Hall–Kier alpha value is -3.13. The Labute approximate surface area is 182 Å². The summed E-state index contributed by atoms with van der Waals surface area (Å²) in [5, 5.41) is 2.49. The van der Waals surface area contributed by atoms with E-state index in [9.17, 15) is 9.59 Å². The maximum atomic E-state index is 12.4. The van der Waals surface area contributed by atoms with Crippen molar-refractivity contribution in [2.24, 2.45) is 5.92 Å². The van der Waals surface area contributed by atoms with Crippen LogP contribution in [0.4, 0.5) is 0 Å². The van der Waals surface area contributed by atoms with E-state index in [1.54, 1.807) is 48.5 Å². The fourth-order valence-electron chi connectivity index (χ4n) is 2.34. The van der Waals surface area contributed by atoms with Gasteiger partial charge in [0.2, 0.25) is 0 Å². The second kappa shape index (κ2) is 11.8. The molecule has 0 saturated carbocycles. The fraction of sp³-hybridized carbons (Fsp3) is 0.318. The molecule has 3 N–H and O–H groups in total. The van der Waals surface area contributed by atoms with E-state index >= 15 is 0 Å². The summed E-state index contributed by atoms with van der Waals surface area (Å²) in [5.41, 5.74) is 5.78. The SMILES string of the molecule is CCCOc1ccccc1C(=O)NNC(=S)NC(=O)c1ccc(OCC(C)C)cc1. The lowest BCUT2D eigenvalue weighted by Crippen LogP contribution is -2.48. The van der Waals surface area contributed by atoms with Gasteiger partial charge in [0.25, 0.3) is 11.8 Å². The summed E-state index contributed by atoms with van der Waals surface area (Å²) in [6.07, 6.45) is 0.829. The fourth-order valence-corrected chi connectivity index (χ4v) is 2.49. The van der Waals surface area contributed by atoms with Gasteiger partial charge < -0.3 is 9.47 Å². The zero-order valence-corrected chi connectivity index (χ0v) is 18.2. The van der Waals surface area contributed by atoms with Gasteiger partial charge in [-0.2, -0.15) is 0 Å². The third kappa shape index (κ3) is 7.36. The molecule has 0 unspecified atom stereocenters. The van der Waals surface area contributed by atoms with Gasteiger partial charge in [0.1, 0.15) is 11.5 Å². The molecule has 2 aromatic rings. The highest BCUT2D eigenvalue weighted by Gasteiger charge is 2.13. The van der Waals surface area contributed by atoms with E-state index in [0.29, 0.717) is 41.8 Å². The molecule has 0 saturated heterocycles. The molecule has 0 aliphatic carbocycles. The van der Waals surface area contributed by atoms with Gasteiger partial charge in [-0.15, -0.1) is 0 Å². The molecular formula is C22H27N3O4S. The van der Waals surface area contributed by atoms with Crippen LogP contribution in [-0.2, 0) is 0 Å². The van der Waals surface area contributed by atoms with Crippen molar-refractivity contribution >= 4 is 29.1 Å². The summed E-state index contributed by atoms with van der Waals surface area (Å²) in [6.45, 7) is 7.22. The minimum atomic E-state index is -0.426. The summed E-state index contributed by atoms with van der Waals surface area (Å²) in [7, 11) is 0. The molecule has 30 heavy (non-hydrogen) atoms. The van der Waals surface area contributed by atoms with Crippen LogP contribution in [0.25, 0.3) is 0 Å². The molecule has 0 bridgehead atoms. The average molecular weight is 430 g/mol. The molecule has 0 aliphatic heterocycles. The second-order valence-electron chi connectivity index (χ2n) is 6.94. The first-order valence-electron chi connectivity index (χ1n) is 9.77. The van der Waals surface area contributed by atoms with Gasteiger partial charge in [-0.3, -0.25) is 25.8 Å². The largest absolute Gasteiger partial charge is 0.493 e. The van der Waals surface area contributed by atoms with Crippen LogP contribution in [0.1, 0.15) is 47.9 Å². The maximum absolute atomic E-state index is 12.4. The highest BCUT2D eigenvalue weighted by Crippen LogP contribution is 2.17. The van der Waals surface area contributed by atoms with Crippen LogP contribution in [0.5, 0.6) is 11.5 Å². The van der Waals surface area contributed by atoms with Gasteiger partial charge in [-0.1, -0.05) is 32.9 Å². The number of nitrogens with one attached hydrogen (secondary N) is 3. The highest BCUT2D eigenvalue weighted by molar-refractivity contribution is 7.80. The van der Waals surface area contributed by atoms with Crippen LogP contribution in [-0.4, -0.2) is 30.1 Å². The topological polar surface area (TPSA) is 88.7 Å². The normalized spacial score (nSPS) is 10.3. The van der Waals surface area contributed by atoms with Crippen LogP contribution in [0.15, 0.2) is 48.5 Å². The van der Waals surface area contributed by atoms with Crippen molar-refractivity contribution < 1.29 is 19.1 Å². The molecule has 2 amide bonds. The molecule has 7 nitrogen and oxygen atoms in total. The molecule has 0 heterocycles. The first-order valence-corrected chi connectivity index (χ1v) is 10.2. The maximum Gasteiger partial charge on any atom is 0.273 e. The lowest BCUT2D eigenvalue weighted by atomic mass is 10.2. The van der Waals surface area contributed by atoms with Crippen LogP contribution in [0.3, 0.4) is 0 Å². The second-order valence-corrected chi connectivity index (χ2v) is 7.34. The summed E-state index contributed by atoms with van der Waals surface area (Å²) < 4.78 is 11.2. The van der Waals surface area contributed by atoms with Gasteiger partial charge in [0.15, 0.2) is 5.11 Å². The molecule has 160 valence electrons. The summed E-state index contributed by atoms with van der Waals surface area (Å²) in [4.78, 5) is 24.7. The number of amides is 2. The van der Waals surface area contributed by atoms with Crippen molar-refractivity contribution in [3.63, 3.8) is 0 Å². The Kier molecular flexibility index (Phi) is 9.08. The van der Waals surface area contributed by atoms with Crippen LogP contribution in [0, 0.1) is 5.92 Å². The van der Waals surface area contributed by atoms with E-state index in [-0.39, 0.29) is 5.11 Å². The number of para-hydroxylation sites is 1. The summed E-state index contributed by atoms with van der Waals surface area (Å²) in [6, 6.07) is 13.6. The van der Waals surface area contributed by atoms with Crippen LogP contribution in [0.2, 0.25) is 0 Å². The van der Waals surface area contributed by atoms with Gasteiger partial charge in [0.05, 0.1) is 18.8 Å². The lowest BCUT2D eigenvalue weighted by Gasteiger charge is -2.13. The first kappa shape index (κ1) is 23.2. The Bertz CT molecular complexity index is 869. The van der Waals surface area contributed by atoms with E-state index in [4.69, 9.17) is 21.7 Å². The first-order chi connectivity index (χ1) is 14.4. The van der Waals surface area contributed by atoms with Crippen molar-refractivity contribution in [1.82, 2.24) is 16.2 Å². The Balaban J connectivity index is 1.85. The number of carbonyl (C=O) groups excluding carboxylic acids is 2. The van der Waals surface area contributed by atoms with Gasteiger partial charge >= 0.3 is 0 Å². The van der Waals surface area contributed by atoms with Crippen molar-refractivity contribution in [3.8, 4) is 11.5 Å². The quantitative estimate of drug-likeness (QED) is 0.440. The molecular weight excluding hydrogens is 402 g/mol. The van der Waals surface area contributed by atoms with Gasteiger partial charge in [-0.05, 0) is 61.0 Å². The smallest absolute Gasteiger partial charge is 0.273 e. The number of hydrogen-bond acceptors (Lipinski definition) is 5. The van der Waals surface area contributed by atoms with Crippen LogP contribution >= 0.6 is 12.2 Å². The van der Waals surface area contributed by atoms with Crippen molar-refractivity contribution in [2.45, 2.75) is 27.2 Å². The van der Waals surface area contributed by atoms with Gasteiger partial charge in [-0.25, -0.2) is 0 Å². The number of hydrogen-bond donors (Lipinski definition) is 3. The number of hydrazine groups is 1. The monoisotopic (exact) mass is 429 g/mol. The third-order valence-electron chi connectivity index (χ3n) is 3.81. The zero-order chi connectivity index (χ0) is 21.9. The molecule has 0 aromatic heterocycles. The predicted molar refractivity (Wildman–Crippen MR) is 120 cm³/mol. The number of rotatable bonds is 8. The van der Waals surface area contributed by atoms with Crippen LogP contribution < -0.4 is 25.6 Å². The predicted octanol–water partition coefficient (Wildman–Crippen LogP) is 3.46. The third-order valence-corrected chi connectivity index (χ3v) is 4.01. The highest BCUT2D eigenvalue weighted by atomic mass is 32.1. The number of ether oxygens (including phenoxy) is 2. The number of benzene rings is 2. The standard InChI is InChI=1S/C22H27N3O4S/c1-4-13-28-19-8-6-5-7-18(19)21(27)24-25-22(30)23-20(26)16-9-11-17(12-10-16)29-14-15(2)3/h5-12,15H,4,13-14H2,1-3H3,(H,24,27)(H2,23,25,26,30). The molecule has 0 radical (unpaired) electrons. The molecule has 8 heteroatoms.